The average Bonchev–Trinajstić information content (AvgIpc) is 2.35. The quantitative estimate of drug-likeness (QED) is 0.793. The Morgan fingerprint density at radius 2 is 1.39 bits per heavy atom. The first-order chi connectivity index (χ1) is 8.49. The van der Waals surface area contributed by atoms with Crippen molar-refractivity contribution in [2.75, 3.05) is 5.73 Å². The molecule has 2 nitrogen and oxygen atoms in total. The summed E-state index contributed by atoms with van der Waals surface area (Å²) in [6.07, 6.45) is -0.618. The number of aryl methyl sites for hydroxylation is 3. The van der Waals surface area contributed by atoms with E-state index in [9.17, 15) is 5.11 Å². The maximum atomic E-state index is 10.4. The average molecular weight is 241 g/mol. The number of rotatable bonds is 2. The predicted molar refractivity (Wildman–Crippen MR) is 75.6 cm³/mol. The van der Waals surface area contributed by atoms with Gasteiger partial charge in [0.2, 0.25) is 0 Å². The molecule has 0 bridgehead atoms. The minimum atomic E-state index is -0.618. The Hall–Kier alpha value is -1.80. The van der Waals surface area contributed by atoms with E-state index in [-0.39, 0.29) is 0 Å². The molecule has 0 aliphatic heterocycles. The Kier molecular flexibility index (Phi) is 3.39. The van der Waals surface area contributed by atoms with E-state index in [2.05, 4.69) is 13.8 Å². The number of nitrogens with two attached hydrogens (primary N) is 1. The van der Waals surface area contributed by atoms with Crippen LogP contribution in [0.1, 0.15) is 33.9 Å². The van der Waals surface area contributed by atoms with Crippen LogP contribution in [-0.2, 0) is 0 Å². The first kappa shape index (κ1) is 12.7. The van der Waals surface area contributed by atoms with E-state index < -0.39 is 6.10 Å². The van der Waals surface area contributed by atoms with Gasteiger partial charge in [-0.1, -0.05) is 30.3 Å². The van der Waals surface area contributed by atoms with Crippen molar-refractivity contribution in [1.82, 2.24) is 0 Å². The molecule has 1 atom stereocenters. The van der Waals surface area contributed by atoms with Gasteiger partial charge in [-0.3, -0.25) is 0 Å². The number of nitrogen functional groups attached to an aromatic ring is 1. The highest BCUT2D eigenvalue weighted by Crippen LogP contribution is 2.26. The SMILES string of the molecule is Cc1ccc(C(O)c2ccc(C)c(N)c2)cc1C. The van der Waals surface area contributed by atoms with Gasteiger partial charge in [-0.05, 0) is 54.7 Å². The Labute approximate surface area is 108 Å². The fraction of sp³-hybridized carbons (Fsp3) is 0.250. The molecule has 2 aromatic rings. The summed E-state index contributed by atoms with van der Waals surface area (Å²) in [4.78, 5) is 0. The number of hydrogen-bond acceptors (Lipinski definition) is 2. The van der Waals surface area contributed by atoms with Crippen LogP contribution in [0.5, 0.6) is 0 Å². The third-order valence-electron chi connectivity index (χ3n) is 3.47. The molecule has 3 N–H and O–H groups in total. The second kappa shape index (κ2) is 4.83. The Balaban J connectivity index is 2.37. The van der Waals surface area contributed by atoms with Crippen molar-refractivity contribution in [2.24, 2.45) is 0 Å². The van der Waals surface area contributed by atoms with Crippen LogP contribution >= 0.6 is 0 Å². The van der Waals surface area contributed by atoms with Crippen molar-refractivity contribution in [3.63, 3.8) is 0 Å². The minimum Gasteiger partial charge on any atom is -0.399 e. The molecule has 0 saturated heterocycles. The molecule has 0 heterocycles. The zero-order chi connectivity index (χ0) is 13.3. The molecular formula is C16H19NO. The fourth-order valence-electron chi connectivity index (χ4n) is 1.96. The molecule has 0 spiro atoms. The van der Waals surface area contributed by atoms with E-state index in [4.69, 9.17) is 5.73 Å². The Bertz CT molecular complexity index is 524. The van der Waals surface area contributed by atoms with E-state index in [0.29, 0.717) is 0 Å². The number of benzene rings is 2. The summed E-state index contributed by atoms with van der Waals surface area (Å²) in [5, 5.41) is 10.4. The van der Waals surface area contributed by atoms with Crippen molar-refractivity contribution in [3.8, 4) is 0 Å². The van der Waals surface area contributed by atoms with Gasteiger partial charge in [0.15, 0.2) is 0 Å². The summed E-state index contributed by atoms with van der Waals surface area (Å²) >= 11 is 0. The van der Waals surface area contributed by atoms with Gasteiger partial charge in [-0.15, -0.1) is 0 Å². The standard InChI is InChI=1S/C16H19NO/c1-10-4-6-13(8-12(10)3)16(18)14-7-5-11(2)15(17)9-14/h4-9,16,18H,17H2,1-3H3. The molecular weight excluding hydrogens is 222 g/mol. The zero-order valence-corrected chi connectivity index (χ0v) is 11.1. The summed E-state index contributed by atoms with van der Waals surface area (Å²) in [5.74, 6) is 0. The van der Waals surface area contributed by atoms with Crippen molar-refractivity contribution in [3.05, 3.63) is 64.2 Å². The van der Waals surface area contributed by atoms with Crippen LogP contribution in [0.3, 0.4) is 0 Å². The molecule has 0 saturated carbocycles. The molecule has 0 radical (unpaired) electrons. The topological polar surface area (TPSA) is 46.2 Å². The number of hydrogen-bond donors (Lipinski definition) is 2. The van der Waals surface area contributed by atoms with E-state index in [1.807, 2.05) is 43.3 Å². The molecule has 0 aliphatic rings. The smallest absolute Gasteiger partial charge is 0.104 e. The molecule has 2 rings (SSSR count). The van der Waals surface area contributed by atoms with Gasteiger partial charge in [-0.25, -0.2) is 0 Å². The number of aliphatic hydroxyl groups excluding tert-OH is 1. The van der Waals surface area contributed by atoms with Gasteiger partial charge in [-0.2, -0.15) is 0 Å². The number of aliphatic hydroxyl groups is 1. The highest BCUT2D eigenvalue weighted by Gasteiger charge is 2.11. The third kappa shape index (κ3) is 2.39. The van der Waals surface area contributed by atoms with Crippen LogP contribution in [0.2, 0.25) is 0 Å². The van der Waals surface area contributed by atoms with Crippen LogP contribution in [0.15, 0.2) is 36.4 Å². The Morgan fingerprint density at radius 3 is 1.94 bits per heavy atom. The molecule has 94 valence electrons. The lowest BCUT2D eigenvalue weighted by molar-refractivity contribution is 0.220. The molecule has 2 aromatic carbocycles. The summed E-state index contributed by atoms with van der Waals surface area (Å²) in [6.45, 7) is 6.08. The monoisotopic (exact) mass is 241 g/mol. The van der Waals surface area contributed by atoms with Crippen LogP contribution in [0.25, 0.3) is 0 Å². The molecule has 18 heavy (non-hydrogen) atoms. The van der Waals surface area contributed by atoms with Gasteiger partial charge < -0.3 is 10.8 Å². The molecule has 0 aromatic heterocycles. The second-order valence-corrected chi connectivity index (χ2v) is 4.86. The second-order valence-electron chi connectivity index (χ2n) is 4.86. The van der Waals surface area contributed by atoms with Crippen LogP contribution in [0.4, 0.5) is 5.69 Å². The summed E-state index contributed by atoms with van der Waals surface area (Å²) in [5.41, 5.74) is 11.8. The highest BCUT2D eigenvalue weighted by molar-refractivity contribution is 5.50. The molecule has 1 unspecified atom stereocenters. The maximum absolute atomic E-state index is 10.4. The fourth-order valence-corrected chi connectivity index (χ4v) is 1.96. The van der Waals surface area contributed by atoms with Crippen LogP contribution in [-0.4, -0.2) is 5.11 Å². The van der Waals surface area contributed by atoms with E-state index in [1.165, 1.54) is 11.1 Å². The predicted octanol–water partition coefficient (Wildman–Crippen LogP) is 3.28. The van der Waals surface area contributed by atoms with Crippen molar-refractivity contribution < 1.29 is 5.11 Å². The van der Waals surface area contributed by atoms with Gasteiger partial charge in [0.1, 0.15) is 6.10 Å². The van der Waals surface area contributed by atoms with Crippen LogP contribution in [0, 0.1) is 20.8 Å². The third-order valence-corrected chi connectivity index (χ3v) is 3.47. The van der Waals surface area contributed by atoms with E-state index in [0.717, 1.165) is 22.4 Å². The van der Waals surface area contributed by atoms with E-state index >= 15 is 0 Å². The lowest BCUT2D eigenvalue weighted by Crippen LogP contribution is -2.02. The van der Waals surface area contributed by atoms with Crippen molar-refractivity contribution >= 4 is 5.69 Å². The van der Waals surface area contributed by atoms with Gasteiger partial charge in [0, 0.05) is 5.69 Å². The van der Waals surface area contributed by atoms with Crippen molar-refractivity contribution in [2.45, 2.75) is 26.9 Å². The molecule has 2 heteroatoms. The normalized spacial score (nSPS) is 12.4. The maximum Gasteiger partial charge on any atom is 0.104 e. The lowest BCUT2D eigenvalue weighted by atomic mass is 9.97. The molecule has 0 fully saturated rings. The molecule has 0 amide bonds. The Morgan fingerprint density at radius 1 is 0.833 bits per heavy atom. The van der Waals surface area contributed by atoms with Gasteiger partial charge in [0.05, 0.1) is 0 Å². The summed E-state index contributed by atoms with van der Waals surface area (Å²) < 4.78 is 0. The van der Waals surface area contributed by atoms with Gasteiger partial charge >= 0.3 is 0 Å². The van der Waals surface area contributed by atoms with Crippen LogP contribution < -0.4 is 5.73 Å². The summed E-state index contributed by atoms with van der Waals surface area (Å²) in [6, 6.07) is 11.7. The minimum absolute atomic E-state index is 0.618. The van der Waals surface area contributed by atoms with E-state index in [1.54, 1.807) is 0 Å². The first-order valence-corrected chi connectivity index (χ1v) is 6.10. The van der Waals surface area contributed by atoms with Gasteiger partial charge in [0.25, 0.3) is 0 Å². The molecule has 0 aliphatic carbocycles. The highest BCUT2D eigenvalue weighted by atomic mass is 16.3. The largest absolute Gasteiger partial charge is 0.399 e. The lowest BCUT2D eigenvalue weighted by Gasteiger charge is -2.14. The summed E-state index contributed by atoms with van der Waals surface area (Å²) in [7, 11) is 0. The first-order valence-electron chi connectivity index (χ1n) is 6.10. The van der Waals surface area contributed by atoms with Crippen molar-refractivity contribution in [1.29, 1.82) is 0 Å². The zero-order valence-electron chi connectivity index (χ0n) is 11.1. The number of anilines is 1.